The summed E-state index contributed by atoms with van der Waals surface area (Å²) in [6.45, 7) is 2.20. The van der Waals surface area contributed by atoms with Gasteiger partial charge in [0, 0.05) is 6.42 Å². The van der Waals surface area contributed by atoms with Crippen LogP contribution in [0.2, 0.25) is 0 Å². The minimum absolute atomic E-state index is 0.331. The average molecular weight is 208 g/mol. The van der Waals surface area contributed by atoms with Crippen LogP contribution in [0.5, 0.6) is 0 Å². The second-order valence-electron chi connectivity index (χ2n) is 4.68. The molecule has 0 aromatic carbocycles. The molecule has 0 saturated heterocycles. The van der Waals surface area contributed by atoms with Gasteiger partial charge in [0.05, 0.1) is 0 Å². The standard InChI is InChI=1S/C14H24O/c1-2-3-4-5-10-14(15)12-11-13-8-6-7-9-13/h11-13H,2-10H2,1H3. The van der Waals surface area contributed by atoms with Crippen LogP contribution in [0.3, 0.4) is 0 Å². The van der Waals surface area contributed by atoms with Gasteiger partial charge < -0.3 is 0 Å². The maximum atomic E-state index is 11.5. The lowest BCUT2D eigenvalue weighted by molar-refractivity contribution is -0.114. The molecule has 1 aliphatic carbocycles. The first-order valence-electron chi connectivity index (χ1n) is 6.54. The number of hydrogen-bond donors (Lipinski definition) is 0. The van der Waals surface area contributed by atoms with Crippen LogP contribution in [0.4, 0.5) is 0 Å². The number of hydrogen-bond acceptors (Lipinski definition) is 1. The third-order valence-electron chi connectivity index (χ3n) is 3.23. The molecule has 1 heteroatoms. The van der Waals surface area contributed by atoms with Crippen molar-refractivity contribution in [1.82, 2.24) is 0 Å². The first-order chi connectivity index (χ1) is 7.33. The van der Waals surface area contributed by atoms with Gasteiger partial charge in [0.1, 0.15) is 0 Å². The van der Waals surface area contributed by atoms with Gasteiger partial charge in [-0.25, -0.2) is 0 Å². The number of ketones is 1. The van der Waals surface area contributed by atoms with Crippen molar-refractivity contribution in [3.63, 3.8) is 0 Å². The van der Waals surface area contributed by atoms with Gasteiger partial charge >= 0.3 is 0 Å². The second-order valence-corrected chi connectivity index (χ2v) is 4.68. The van der Waals surface area contributed by atoms with Crippen LogP contribution in [0, 0.1) is 5.92 Å². The summed E-state index contributed by atoms with van der Waals surface area (Å²) in [5.74, 6) is 1.03. The van der Waals surface area contributed by atoms with Crippen LogP contribution >= 0.6 is 0 Å². The fourth-order valence-corrected chi connectivity index (χ4v) is 2.20. The van der Waals surface area contributed by atoms with E-state index in [1.807, 2.05) is 6.08 Å². The number of unbranched alkanes of at least 4 members (excludes halogenated alkanes) is 3. The summed E-state index contributed by atoms with van der Waals surface area (Å²) in [5.41, 5.74) is 0. The summed E-state index contributed by atoms with van der Waals surface area (Å²) in [6, 6.07) is 0. The molecule has 0 spiro atoms. The zero-order valence-corrected chi connectivity index (χ0v) is 10.0. The zero-order chi connectivity index (χ0) is 10.9. The first kappa shape index (κ1) is 12.5. The summed E-state index contributed by atoms with van der Waals surface area (Å²) < 4.78 is 0. The van der Waals surface area contributed by atoms with Crippen molar-refractivity contribution in [3.8, 4) is 0 Å². The lowest BCUT2D eigenvalue weighted by Crippen LogP contribution is -1.94. The van der Waals surface area contributed by atoms with Gasteiger partial charge in [-0.05, 0) is 31.3 Å². The quantitative estimate of drug-likeness (QED) is 0.451. The summed E-state index contributed by atoms with van der Waals surface area (Å²) in [4.78, 5) is 11.5. The highest BCUT2D eigenvalue weighted by Crippen LogP contribution is 2.25. The summed E-state index contributed by atoms with van der Waals surface area (Å²) in [7, 11) is 0. The Labute approximate surface area is 93.9 Å². The van der Waals surface area contributed by atoms with E-state index in [1.165, 1.54) is 44.9 Å². The molecule has 0 aromatic rings. The third kappa shape index (κ3) is 5.76. The summed E-state index contributed by atoms with van der Waals surface area (Å²) in [5, 5.41) is 0. The van der Waals surface area contributed by atoms with Crippen molar-refractivity contribution in [2.45, 2.75) is 64.7 Å². The first-order valence-corrected chi connectivity index (χ1v) is 6.54. The van der Waals surface area contributed by atoms with Gasteiger partial charge in [0.2, 0.25) is 0 Å². The SMILES string of the molecule is CCCCCCC(=O)C=CC1CCCC1. The van der Waals surface area contributed by atoms with E-state index < -0.39 is 0 Å². The molecule has 0 aromatic heterocycles. The van der Waals surface area contributed by atoms with Crippen molar-refractivity contribution in [2.24, 2.45) is 5.92 Å². The number of allylic oxidation sites excluding steroid dienone is 2. The molecule has 86 valence electrons. The Morgan fingerprint density at radius 3 is 2.60 bits per heavy atom. The van der Waals surface area contributed by atoms with Crippen LogP contribution in [0.15, 0.2) is 12.2 Å². The molecule has 0 aliphatic heterocycles. The van der Waals surface area contributed by atoms with Crippen molar-refractivity contribution >= 4 is 5.78 Å². The predicted molar refractivity (Wildman–Crippen MR) is 64.9 cm³/mol. The number of carbonyl (C=O) groups is 1. The number of carbonyl (C=O) groups excluding carboxylic acids is 1. The summed E-state index contributed by atoms with van der Waals surface area (Å²) >= 11 is 0. The second kappa shape index (κ2) is 7.67. The van der Waals surface area contributed by atoms with Crippen molar-refractivity contribution in [2.75, 3.05) is 0 Å². The minimum atomic E-state index is 0.331. The van der Waals surface area contributed by atoms with Crippen LogP contribution in [-0.4, -0.2) is 5.78 Å². The monoisotopic (exact) mass is 208 g/mol. The van der Waals surface area contributed by atoms with E-state index in [2.05, 4.69) is 13.0 Å². The maximum absolute atomic E-state index is 11.5. The van der Waals surface area contributed by atoms with Crippen molar-refractivity contribution < 1.29 is 4.79 Å². The average Bonchev–Trinajstić information content (AvgIpc) is 2.74. The van der Waals surface area contributed by atoms with Crippen LogP contribution in [-0.2, 0) is 4.79 Å². The van der Waals surface area contributed by atoms with Crippen LogP contribution < -0.4 is 0 Å². The van der Waals surface area contributed by atoms with Gasteiger partial charge in [-0.15, -0.1) is 0 Å². The highest BCUT2D eigenvalue weighted by molar-refractivity contribution is 5.89. The zero-order valence-electron chi connectivity index (χ0n) is 10.0. The molecule has 0 unspecified atom stereocenters. The Balaban J connectivity index is 2.06. The molecular formula is C14H24O. The smallest absolute Gasteiger partial charge is 0.155 e. The van der Waals surface area contributed by atoms with Gasteiger partial charge in [-0.2, -0.15) is 0 Å². The largest absolute Gasteiger partial charge is 0.295 e. The normalized spacial score (nSPS) is 17.7. The Morgan fingerprint density at radius 1 is 1.20 bits per heavy atom. The van der Waals surface area contributed by atoms with Crippen LogP contribution in [0.1, 0.15) is 64.7 Å². The van der Waals surface area contributed by atoms with E-state index in [1.54, 1.807) is 0 Å². The molecule has 1 aliphatic rings. The van der Waals surface area contributed by atoms with E-state index in [0.717, 1.165) is 12.8 Å². The van der Waals surface area contributed by atoms with Crippen LogP contribution in [0.25, 0.3) is 0 Å². The van der Waals surface area contributed by atoms with E-state index >= 15 is 0 Å². The molecule has 0 amide bonds. The van der Waals surface area contributed by atoms with Gasteiger partial charge in [-0.3, -0.25) is 4.79 Å². The number of rotatable bonds is 7. The lowest BCUT2D eigenvalue weighted by atomic mass is 10.1. The topological polar surface area (TPSA) is 17.1 Å². The molecule has 0 radical (unpaired) electrons. The molecular weight excluding hydrogens is 184 g/mol. The summed E-state index contributed by atoms with van der Waals surface area (Å²) in [6.07, 6.45) is 14.8. The van der Waals surface area contributed by atoms with E-state index in [9.17, 15) is 4.79 Å². The lowest BCUT2D eigenvalue weighted by Gasteiger charge is -2.00. The molecule has 15 heavy (non-hydrogen) atoms. The Bertz CT molecular complexity index is 199. The Hall–Kier alpha value is -0.590. The minimum Gasteiger partial charge on any atom is -0.295 e. The third-order valence-corrected chi connectivity index (χ3v) is 3.23. The molecule has 0 bridgehead atoms. The van der Waals surface area contributed by atoms with E-state index in [-0.39, 0.29) is 0 Å². The molecule has 1 fully saturated rings. The van der Waals surface area contributed by atoms with Gasteiger partial charge in [0.15, 0.2) is 5.78 Å². The van der Waals surface area contributed by atoms with E-state index in [4.69, 9.17) is 0 Å². The molecule has 0 N–H and O–H groups in total. The highest BCUT2D eigenvalue weighted by atomic mass is 16.1. The fourth-order valence-electron chi connectivity index (χ4n) is 2.20. The van der Waals surface area contributed by atoms with Crippen molar-refractivity contribution in [3.05, 3.63) is 12.2 Å². The molecule has 1 saturated carbocycles. The molecule has 0 heterocycles. The highest BCUT2D eigenvalue weighted by Gasteiger charge is 2.11. The Kier molecular flexibility index (Phi) is 6.38. The van der Waals surface area contributed by atoms with Crippen molar-refractivity contribution in [1.29, 1.82) is 0 Å². The van der Waals surface area contributed by atoms with E-state index in [0.29, 0.717) is 11.7 Å². The predicted octanol–water partition coefficient (Wildman–Crippen LogP) is 4.27. The van der Waals surface area contributed by atoms with Gasteiger partial charge in [-0.1, -0.05) is 45.1 Å². The maximum Gasteiger partial charge on any atom is 0.155 e. The van der Waals surface area contributed by atoms with Gasteiger partial charge in [0.25, 0.3) is 0 Å². The Morgan fingerprint density at radius 2 is 1.93 bits per heavy atom. The molecule has 0 atom stereocenters. The fraction of sp³-hybridized carbons (Fsp3) is 0.786. The molecule has 1 nitrogen and oxygen atoms in total. The molecule has 1 rings (SSSR count).